The highest BCUT2D eigenvalue weighted by Crippen LogP contribution is 2.44. The monoisotopic (exact) mass is 500 g/mol. The highest BCUT2D eigenvalue weighted by atomic mass is 35.5. The van der Waals surface area contributed by atoms with Crippen molar-refractivity contribution in [1.82, 2.24) is 0 Å². The number of ketones is 1. The number of nitrogens with one attached hydrogen (secondary N) is 1. The molecule has 0 spiro atoms. The van der Waals surface area contributed by atoms with Crippen molar-refractivity contribution in [2.75, 3.05) is 11.1 Å². The zero-order chi connectivity index (χ0) is 23.8. The van der Waals surface area contributed by atoms with Crippen LogP contribution in [0.4, 0.5) is 20.8 Å². The average molecular weight is 501 g/mol. The normalized spacial score (nSPS) is 11.4. The molecule has 3 N–H and O–H groups in total. The van der Waals surface area contributed by atoms with Crippen molar-refractivity contribution in [3.8, 4) is 0 Å². The molecular weight excluding hydrogens is 483 g/mol. The summed E-state index contributed by atoms with van der Waals surface area (Å²) in [5, 5.41) is 3.72. The predicted molar refractivity (Wildman–Crippen MR) is 130 cm³/mol. The summed E-state index contributed by atoms with van der Waals surface area (Å²) in [4.78, 5) is 13.0. The highest BCUT2D eigenvalue weighted by Gasteiger charge is 2.32. The first-order valence-electron chi connectivity index (χ1n) is 9.74. The van der Waals surface area contributed by atoms with Gasteiger partial charge in [-0.15, -0.1) is 11.3 Å². The van der Waals surface area contributed by atoms with E-state index < -0.39 is 21.4 Å². The second-order valence-electron chi connectivity index (χ2n) is 7.24. The van der Waals surface area contributed by atoms with E-state index in [-0.39, 0.29) is 30.9 Å². The van der Waals surface area contributed by atoms with Crippen molar-refractivity contribution in [2.24, 2.45) is 0 Å². The molecule has 0 bridgehead atoms. The summed E-state index contributed by atoms with van der Waals surface area (Å²) in [6.07, 6.45) is 0. The Labute approximate surface area is 199 Å². The first-order valence-corrected chi connectivity index (χ1v) is 12.4. The fraction of sp³-hybridized carbons (Fsp3) is 0.0417. The van der Waals surface area contributed by atoms with Crippen LogP contribution in [0, 0.1) is 12.7 Å². The first kappa shape index (κ1) is 23.0. The van der Waals surface area contributed by atoms with Crippen molar-refractivity contribution >= 4 is 54.9 Å². The number of carbonyl (C=O) groups excluding carboxylic acids is 1. The van der Waals surface area contributed by atoms with E-state index in [2.05, 4.69) is 5.32 Å². The van der Waals surface area contributed by atoms with E-state index in [1.54, 1.807) is 6.07 Å². The summed E-state index contributed by atoms with van der Waals surface area (Å²) in [6.45, 7) is 1.87. The van der Waals surface area contributed by atoms with Crippen molar-refractivity contribution < 1.29 is 17.6 Å². The van der Waals surface area contributed by atoms with Crippen LogP contribution in [0.3, 0.4) is 0 Å². The number of hydrogen-bond donors (Lipinski definition) is 2. The van der Waals surface area contributed by atoms with E-state index in [0.717, 1.165) is 29.0 Å². The molecule has 0 aliphatic heterocycles. The van der Waals surface area contributed by atoms with Crippen LogP contribution in [-0.4, -0.2) is 14.2 Å². The fourth-order valence-corrected chi connectivity index (χ4v) is 6.30. The molecule has 1 aromatic heterocycles. The smallest absolute Gasteiger partial charge is 0.211 e. The average Bonchev–Trinajstić information content (AvgIpc) is 3.12. The third kappa shape index (κ3) is 4.50. The van der Waals surface area contributed by atoms with E-state index in [1.165, 1.54) is 36.4 Å². The van der Waals surface area contributed by atoms with Crippen LogP contribution in [0.1, 0.15) is 20.8 Å². The molecule has 168 valence electrons. The van der Waals surface area contributed by atoms with Gasteiger partial charge in [-0.1, -0.05) is 29.8 Å². The molecule has 0 unspecified atom stereocenters. The molecule has 0 atom stereocenters. The van der Waals surface area contributed by atoms with Gasteiger partial charge in [-0.3, -0.25) is 4.79 Å². The Bertz CT molecular complexity index is 1450. The summed E-state index contributed by atoms with van der Waals surface area (Å²) in [6, 6.07) is 18.0. The fourth-order valence-electron chi connectivity index (χ4n) is 3.25. The number of anilines is 3. The van der Waals surface area contributed by atoms with Gasteiger partial charge in [0.05, 0.1) is 10.6 Å². The summed E-state index contributed by atoms with van der Waals surface area (Å²) < 4.78 is 40.4. The van der Waals surface area contributed by atoms with E-state index in [0.29, 0.717) is 10.7 Å². The maximum absolute atomic E-state index is 13.6. The van der Waals surface area contributed by atoms with Gasteiger partial charge in [-0.05, 0) is 67.1 Å². The van der Waals surface area contributed by atoms with Crippen LogP contribution < -0.4 is 11.1 Å². The minimum atomic E-state index is -4.10. The zero-order valence-corrected chi connectivity index (χ0v) is 19.7. The third-order valence-electron chi connectivity index (χ3n) is 5.00. The Morgan fingerprint density at radius 3 is 2.27 bits per heavy atom. The van der Waals surface area contributed by atoms with Crippen LogP contribution >= 0.6 is 22.9 Å². The molecule has 0 saturated heterocycles. The standard InChI is InChI=1S/C24H18ClFN2O3S2/c1-14-4-2-3-5-19(14)28-24-23(33(30,31)18-12-8-16(25)9-13-18)20(27)22(32-24)21(29)15-6-10-17(26)11-7-15/h2-13,28H,27H2,1H3. The van der Waals surface area contributed by atoms with Crippen LogP contribution in [0.2, 0.25) is 5.02 Å². The van der Waals surface area contributed by atoms with Crippen molar-refractivity contribution in [2.45, 2.75) is 16.7 Å². The number of hydrogen-bond acceptors (Lipinski definition) is 6. The van der Waals surface area contributed by atoms with Gasteiger partial charge in [0.25, 0.3) is 0 Å². The van der Waals surface area contributed by atoms with Gasteiger partial charge in [0.15, 0.2) is 0 Å². The molecular formula is C24H18ClFN2O3S2. The van der Waals surface area contributed by atoms with Crippen molar-refractivity contribution in [3.63, 3.8) is 0 Å². The number of aryl methyl sites for hydroxylation is 1. The Hall–Kier alpha value is -3.20. The number of para-hydroxylation sites is 1. The number of halogens is 2. The number of nitrogen functional groups attached to an aromatic ring is 1. The summed E-state index contributed by atoms with van der Waals surface area (Å²) >= 11 is 6.86. The van der Waals surface area contributed by atoms with Gasteiger partial charge in [0.1, 0.15) is 20.6 Å². The molecule has 0 aliphatic carbocycles. The van der Waals surface area contributed by atoms with E-state index >= 15 is 0 Å². The molecule has 4 aromatic rings. The Morgan fingerprint density at radius 2 is 1.64 bits per heavy atom. The molecule has 0 fully saturated rings. The lowest BCUT2D eigenvalue weighted by Gasteiger charge is -2.11. The summed E-state index contributed by atoms with van der Waals surface area (Å²) in [5.41, 5.74) is 7.87. The van der Waals surface area contributed by atoms with Crippen LogP contribution in [0.25, 0.3) is 0 Å². The molecule has 4 rings (SSSR count). The number of thiophene rings is 1. The van der Waals surface area contributed by atoms with Crippen LogP contribution in [0.5, 0.6) is 0 Å². The van der Waals surface area contributed by atoms with Crippen molar-refractivity contribution in [3.05, 3.63) is 99.6 Å². The summed E-state index contributed by atoms with van der Waals surface area (Å²) in [5.74, 6) is -0.985. The van der Waals surface area contributed by atoms with E-state index in [9.17, 15) is 17.6 Å². The number of benzene rings is 3. The minimum absolute atomic E-state index is 0.00925. The van der Waals surface area contributed by atoms with Crippen molar-refractivity contribution in [1.29, 1.82) is 0 Å². The van der Waals surface area contributed by atoms with Gasteiger partial charge >= 0.3 is 0 Å². The number of carbonyl (C=O) groups is 1. The van der Waals surface area contributed by atoms with Gasteiger partial charge in [0, 0.05) is 16.3 Å². The lowest BCUT2D eigenvalue weighted by Crippen LogP contribution is -2.08. The van der Waals surface area contributed by atoms with Gasteiger partial charge in [-0.2, -0.15) is 0 Å². The third-order valence-corrected chi connectivity index (χ3v) is 8.35. The largest absolute Gasteiger partial charge is 0.396 e. The maximum Gasteiger partial charge on any atom is 0.211 e. The Kier molecular flexibility index (Phi) is 6.25. The molecule has 0 aliphatic rings. The SMILES string of the molecule is Cc1ccccc1Nc1sc(C(=O)c2ccc(F)cc2)c(N)c1S(=O)(=O)c1ccc(Cl)cc1. The van der Waals surface area contributed by atoms with Crippen LogP contribution in [0.15, 0.2) is 82.6 Å². The van der Waals surface area contributed by atoms with Crippen LogP contribution in [-0.2, 0) is 9.84 Å². The highest BCUT2D eigenvalue weighted by molar-refractivity contribution is 7.92. The first-order chi connectivity index (χ1) is 15.7. The van der Waals surface area contributed by atoms with E-state index in [1.807, 2.05) is 25.1 Å². The molecule has 9 heteroatoms. The molecule has 1 heterocycles. The molecule has 0 radical (unpaired) electrons. The molecule has 0 saturated carbocycles. The lowest BCUT2D eigenvalue weighted by atomic mass is 10.1. The number of nitrogens with two attached hydrogens (primary N) is 1. The van der Waals surface area contributed by atoms with E-state index in [4.69, 9.17) is 17.3 Å². The Morgan fingerprint density at radius 1 is 1.00 bits per heavy atom. The molecule has 0 amide bonds. The molecule has 3 aromatic carbocycles. The quantitative estimate of drug-likeness (QED) is 0.306. The predicted octanol–water partition coefficient (Wildman–Crippen LogP) is 6.24. The molecule has 5 nitrogen and oxygen atoms in total. The number of sulfone groups is 1. The second-order valence-corrected chi connectivity index (χ2v) is 10.6. The second kappa shape index (κ2) is 8.97. The Balaban J connectivity index is 1.89. The van der Waals surface area contributed by atoms with Gasteiger partial charge < -0.3 is 11.1 Å². The van der Waals surface area contributed by atoms with Gasteiger partial charge in [0.2, 0.25) is 15.6 Å². The minimum Gasteiger partial charge on any atom is -0.396 e. The topological polar surface area (TPSA) is 89.3 Å². The molecule has 33 heavy (non-hydrogen) atoms. The maximum atomic E-state index is 13.6. The number of rotatable bonds is 6. The lowest BCUT2D eigenvalue weighted by molar-refractivity contribution is 0.104. The summed E-state index contributed by atoms with van der Waals surface area (Å²) in [7, 11) is -4.10. The zero-order valence-electron chi connectivity index (χ0n) is 17.3. The van der Waals surface area contributed by atoms with Gasteiger partial charge in [-0.25, -0.2) is 12.8 Å².